The minimum atomic E-state index is -1.03. The minimum absolute atomic E-state index is 0.143. The third-order valence-corrected chi connectivity index (χ3v) is 4.48. The third kappa shape index (κ3) is 2.41. The first-order valence-corrected chi connectivity index (χ1v) is 7.15. The van der Waals surface area contributed by atoms with Gasteiger partial charge in [0.05, 0.1) is 5.92 Å². The van der Waals surface area contributed by atoms with Crippen molar-refractivity contribution in [2.45, 2.75) is 10.3 Å². The van der Waals surface area contributed by atoms with Gasteiger partial charge in [-0.05, 0) is 17.7 Å². The Morgan fingerprint density at radius 3 is 2.10 bits per heavy atom. The second-order valence-electron chi connectivity index (χ2n) is 4.90. The zero-order chi connectivity index (χ0) is 14.2. The standard InChI is InChI=1S/C16H13Cl2NO/c17-16(18)13(11-7-3-1-4-8-11)14(16)15(20)19-12-9-5-2-6-10-12/h1-10,13-14H,(H,19,20)/t13-,14+/m1/s1. The maximum atomic E-state index is 12.3. The number of benzene rings is 2. The van der Waals surface area contributed by atoms with Crippen LogP contribution >= 0.6 is 23.2 Å². The molecule has 0 bridgehead atoms. The topological polar surface area (TPSA) is 29.1 Å². The van der Waals surface area contributed by atoms with E-state index >= 15 is 0 Å². The Morgan fingerprint density at radius 1 is 0.950 bits per heavy atom. The number of hydrogen-bond acceptors (Lipinski definition) is 1. The van der Waals surface area contributed by atoms with Crippen molar-refractivity contribution in [2.24, 2.45) is 5.92 Å². The Kier molecular flexibility index (Phi) is 3.45. The number of rotatable bonds is 3. The van der Waals surface area contributed by atoms with E-state index in [-0.39, 0.29) is 11.8 Å². The molecule has 0 unspecified atom stereocenters. The lowest BCUT2D eigenvalue weighted by Crippen LogP contribution is -2.16. The Bertz CT molecular complexity index is 613. The van der Waals surface area contributed by atoms with Crippen LogP contribution in [0.3, 0.4) is 0 Å². The molecule has 1 N–H and O–H groups in total. The molecule has 0 spiro atoms. The van der Waals surface area contributed by atoms with Crippen LogP contribution in [0.25, 0.3) is 0 Å². The highest BCUT2D eigenvalue weighted by atomic mass is 35.5. The number of carbonyl (C=O) groups is 1. The predicted molar refractivity (Wildman–Crippen MR) is 82.2 cm³/mol. The molecule has 2 aromatic rings. The van der Waals surface area contributed by atoms with Crippen molar-refractivity contribution < 1.29 is 4.79 Å². The van der Waals surface area contributed by atoms with E-state index in [9.17, 15) is 4.79 Å². The summed E-state index contributed by atoms with van der Waals surface area (Å²) in [6.07, 6.45) is 0. The zero-order valence-corrected chi connectivity index (χ0v) is 12.1. The maximum absolute atomic E-state index is 12.3. The number of hydrogen-bond donors (Lipinski definition) is 1. The highest BCUT2D eigenvalue weighted by molar-refractivity contribution is 6.53. The van der Waals surface area contributed by atoms with E-state index < -0.39 is 10.3 Å². The first-order chi connectivity index (χ1) is 9.60. The summed E-state index contributed by atoms with van der Waals surface area (Å²) in [7, 11) is 0. The van der Waals surface area contributed by atoms with Crippen LogP contribution in [0.1, 0.15) is 11.5 Å². The van der Waals surface area contributed by atoms with Gasteiger partial charge < -0.3 is 5.32 Å². The fourth-order valence-electron chi connectivity index (χ4n) is 2.47. The van der Waals surface area contributed by atoms with Gasteiger partial charge in [0.25, 0.3) is 0 Å². The zero-order valence-electron chi connectivity index (χ0n) is 10.6. The first-order valence-electron chi connectivity index (χ1n) is 6.39. The van der Waals surface area contributed by atoms with Crippen molar-refractivity contribution in [3.63, 3.8) is 0 Å². The van der Waals surface area contributed by atoms with E-state index in [1.807, 2.05) is 60.7 Å². The van der Waals surface area contributed by atoms with Crippen molar-refractivity contribution in [3.8, 4) is 0 Å². The van der Waals surface area contributed by atoms with Crippen LogP contribution in [0.15, 0.2) is 60.7 Å². The van der Waals surface area contributed by atoms with E-state index in [2.05, 4.69) is 5.32 Å². The average Bonchev–Trinajstić information content (AvgIpc) is 3.04. The van der Waals surface area contributed by atoms with Gasteiger partial charge in [-0.15, -0.1) is 23.2 Å². The van der Waals surface area contributed by atoms with Gasteiger partial charge in [0.2, 0.25) is 5.91 Å². The van der Waals surface area contributed by atoms with Crippen LogP contribution < -0.4 is 5.32 Å². The molecular weight excluding hydrogens is 293 g/mol. The van der Waals surface area contributed by atoms with Gasteiger partial charge in [0.1, 0.15) is 4.33 Å². The van der Waals surface area contributed by atoms with E-state index in [0.717, 1.165) is 11.3 Å². The molecule has 1 aliphatic rings. The summed E-state index contributed by atoms with van der Waals surface area (Å²) in [5, 5.41) is 2.85. The number of para-hydroxylation sites is 1. The molecule has 102 valence electrons. The SMILES string of the molecule is O=C(Nc1ccccc1)[C@@H]1[C@@H](c2ccccc2)C1(Cl)Cl. The van der Waals surface area contributed by atoms with Crippen molar-refractivity contribution in [1.82, 2.24) is 0 Å². The molecule has 1 fully saturated rings. The largest absolute Gasteiger partial charge is 0.326 e. The van der Waals surface area contributed by atoms with Gasteiger partial charge in [-0.3, -0.25) is 4.79 Å². The van der Waals surface area contributed by atoms with Crippen molar-refractivity contribution in [3.05, 3.63) is 66.2 Å². The van der Waals surface area contributed by atoms with Crippen LogP contribution in [-0.2, 0) is 4.79 Å². The van der Waals surface area contributed by atoms with Gasteiger partial charge in [0.15, 0.2) is 0 Å². The van der Waals surface area contributed by atoms with Gasteiger partial charge in [-0.1, -0.05) is 48.5 Å². The monoisotopic (exact) mass is 305 g/mol. The Morgan fingerprint density at radius 2 is 1.50 bits per heavy atom. The van der Waals surface area contributed by atoms with Crippen LogP contribution in [0.2, 0.25) is 0 Å². The number of amides is 1. The third-order valence-electron chi connectivity index (χ3n) is 3.54. The molecule has 1 aliphatic carbocycles. The molecule has 0 heterocycles. The van der Waals surface area contributed by atoms with Crippen LogP contribution in [0.4, 0.5) is 5.69 Å². The molecule has 0 radical (unpaired) electrons. The lowest BCUT2D eigenvalue weighted by atomic mass is 10.1. The summed E-state index contributed by atoms with van der Waals surface area (Å²) >= 11 is 12.5. The molecule has 0 aliphatic heterocycles. The van der Waals surface area contributed by atoms with E-state index in [1.54, 1.807) is 0 Å². The lowest BCUT2D eigenvalue weighted by Gasteiger charge is -2.04. The number of halogens is 2. The minimum Gasteiger partial charge on any atom is -0.326 e. The van der Waals surface area contributed by atoms with E-state index in [4.69, 9.17) is 23.2 Å². The molecule has 2 atom stereocenters. The molecule has 1 amide bonds. The molecular formula is C16H13Cl2NO. The van der Waals surface area contributed by atoms with Crippen molar-refractivity contribution in [1.29, 1.82) is 0 Å². The summed E-state index contributed by atoms with van der Waals surface area (Å²) < 4.78 is -1.03. The fourth-order valence-corrected chi connectivity index (χ4v) is 3.30. The summed E-state index contributed by atoms with van der Waals surface area (Å²) in [4.78, 5) is 12.3. The highest BCUT2D eigenvalue weighted by Crippen LogP contribution is 2.65. The second-order valence-corrected chi connectivity index (χ2v) is 6.34. The Balaban J connectivity index is 1.76. The van der Waals surface area contributed by atoms with Crippen LogP contribution in [0.5, 0.6) is 0 Å². The Labute approximate surface area is 127 Å². The molecule has 2 nitrogen and oxygen atoms in total. The molecule has 0 saturated heterocycles. The number of alkyl halides is 2. The summed E-state index contributed by atoms with van der Waals surface area (Å²) in [5.74, 6) is -0.723. The first kappa shape index (κ1) is 13.5. The lowest BCUT2D eigenvalue weighted by molar-refractivity contribution is -0.117. The van der Waals surface area contributed by atoms with Crippen molar-refractivity contribution in [2.75, 3.05) is 5.32 Å². The number of carbonyl (C=O) groups excluding carboxylic acids is 1. The van der Waals surface area contributed by atoms with Gasteiger partial charge in [-0.2, -0.15) is 0 Å². The van der Waals surface area contributed by atoms with Gasteiger partial charge in [0, 0.05) is 11.6 Å². The van der Waals surface area contributed by atoms with E-state index in [1.165, 1.54) is 0 Å². The maximum Gasteiger partial charge on any atom is 0.231 e. The van der Waals surface area contributed by atoms with Crippen LogP contribution in [-0.4, -0.2) is 10.2 Å². The van der Waals surface area contributed by atoms with Gasteiger partial charge >= 0.3 is 0 Å². The van der Waals surface area contributed by atoms with Gasteiger partial charge in [-0.25, -0.2) is 0 Å². The number of nitrogens with one attached hydrogen (secondary N) is 1. The second kappa shape index (κ2) is 5.12. The molecule has 3 rings (SSSR count). The van der Waals surface area contributed by atoms with Crippen LogP contribution in [0, 0.1) is 5.92 Å². The summed E-state index contributed by atoms with van der Waals surface area (Å²) in [6.45, 7) is 0. The quantitative estimate of drug-likeness (QED) is 0.846. The molecule has 2 aromatic carbocycles. The molecule has 20 heavy (non-hydrogen) atoms. The average molecular weight is 306 g/mol. The molecule has 0 aromatic heterocycles. The smallest absolute Gasteiger partial charge is 0.231 e. The summed E-state index contributed by atoms with van der Waals surface area (Å²) in [5.41, 5.74) is 1.74. The normalized spacial score (nSPS) is 23.1. The highest BCUT2D eigenvalue weighted by Gasteiger charge is 2.67. The molecule has 4 heteroatoms. The molecule has 1 saturated carbocycles. The Hall–Kier alpha value is -1.51. The fraction of sp³-hybridized carbons (Fsp3) is 0.188. The number of anilines is 1. The predicted octanol–water partition coefficient (Wildman–Crippen LogP) is 4.21. The van der Waals surface area contributed by atoms with E-state index in [0.29, 0.717) is 0 Å². The van der Waals surface area contributed by atoms with Crippen molar-refractivity contribution >= 4 is 34.8 Å². The summed E-state index contributed by atoms with van der Waals surface area (Å²) in [6, 6.07) is 19.0.